The van der Waals surface area contributed by atoms with Crippen LogP contribution >= 0.6 is 0 Å². The van der Waals surface area contributed by atoms with Gasteiger partial charge in [-0.05, 0) is 30.7 Å². The number of rotatable bonds is 6. The van der Waals surface area contributed by atoms with Gasteiger partial charge in [-0.3, -0.25) is 9.59 Å². The largest absolute Gasteiger partial charge is 0.457 e. The highest BCUT2D eigenvalue weighted by atomic mass is 16.5. The minimum Gasteiger partial charge on any atom is -0.457 e. The fraction of sp³-hybridized carbons (Fsp3) is 0.211. The van der Waals surface area contributed by atoms with E-state index in [9.17, 15) is 14.4 Å². The van der Waals surface area contributed by atoms with E-state index in [0.29, 0.717) is 30.0 Å². The number of esters is 1. The van der Waals surface area contributed by atoms with Crippen LogP contribution in [0.2, 0.25) is 0 Å². The summed E-state index contributed by atoms with van der Waals surface area (Å²) in [6.07, 6.45) is 0.679. The van der Waals surface area contributed by atoms with E-state index in [-0.39, 0.29) is 5.91 Å². The molecular weight excluding hydrogens is 336 g/mol. The van der Waals surface area contributed by atoms with E-state index >= 15 is 0 Å². The van der Waals surface area contributed by atoms with E-state index in [1.165, 1.54) is 0 Å². The summed E-state index contributed by atoms with van der Waals surface area (Å²) < 4.78 is 10.6. The van der Waals surface area contributed by atoms with E-state index in [4.69, 9.17) is 9.47 Å². The zero-order valence-electron chi connectivity index (χ0n) is 13.9. The van der Waals surface area contributed by atoms with Crippen LogP contribution in [-0.2, 0) is 19.1 Å². The van der Waals surface area contributed by atoms with Crippen LogP contribution in [-0.4, -0.2) is 30.4 Å². The molecule has 1 saturated heterocycles. The maximum Gasteiger partial charge on any atom is 0.329 e. The van der Waals surface area contributed by atoms with Crippen molar-refractivity contribution in [1.82, 2.24) is 5.32 Å². The van der Waals surface area contributed by atoms with Gasteiger partial charge in [-0.25, -0.2) is 4.79 Å². The maximum atomic E-state index is 11.9. The molecule has 134 valence electrons. The molecule has 2 aromatic carbocycles. The molecule has 2 N–H and O–H groups in total. The molecule has 3 rings (SSSR count). The van der Waals surface area contributed by atoms with Crippen LogP contribution in [0.5, 0.6) is 11.5 Å². The van der Waals surface area contributed by atoms with Crippen molar-refractivity contribution >= 4 is 23.5 Å². The zero-order chi connectivity index (χ0) is 18.4. The number of ether oxygens (including phenoxy) is 2. The van der Waals surface area contributed by atoms with Crippen LogP contribution in [0.1, 0.15) is 12.8 Å². The first-order valence-corrected chi connectivity index (χ1v) is 8.19. The van der Waals surface area contributed by atoms with Gasteiger partial charge in [-0.2, -0.15) is 0 Å². The third-order valence-electron chi connectivity index (χ3n) is 3.72. The molecule has 1 aliphatic heterocycles. The summed E-state index contributed by atoms with van der Waals surface area (Å²) in [5.41, 5.74) is 0.522. The molecule has 26 heavy (non-hydrogen) atoms. The fourth-order valence-electron chi connectivity index (χ4n) is 2.49. The van der Waals surface area contributed by atoms with Crippen molar-refractivity contribution in [2.24, 2.45) is 0 Å². The van der Waals surface area contributed by atoms with E-state index in [2.05, 4.69) is 10.6 Å². The standard InChI is InChI=1S/C19H18N2O5/c22-17-10-9-16(21-17)19(24)25-12-18(23)20-13-5-4-8-15(11-13)26-14-6-2-1-3-7-14/h1-8,11,16H,9-10,12H2,(H,20,23)(H,21,22). The van der Waals surface area contributed by atoms with Gasteiger partial charge in [-0.15, -0.1) is 0 Å². The van der Waals surface area contributed by atoms with Gasteiger partial charge in [0.2, 0.25) is 5.91 Å². The minimum atomic E-state index is -0.669. The molecular formula is C19H18N2O5. The molecule has 0 bridgehead atoms. The second kappa shape index (κ2) is 8.15. The summed E-state index contributed by atoms with van der Waals surface area (Å²) in [6, 6.07) is 15.5. The molecule has 0 aliphatic carbocycles. The van der Waals surface area contributed by atoms with Gasteiger partial charge >= 0.3 is 5.97 Å². The van der Waals surface area contributed by atoms with E-state index in [0.717, 1.165) is 0 Å². The highest BCUT2D eigenvalue weighted by molar-refractivity contribution is 5.94. The normalized spacial score (nSPS) is 15.8. The van der Waals surface area contributed by atoms with Crippen molar-refractivity contribution in [3.8, 4) is 11.5 Å². The van der Waals surface area contributed by atoms with Crippen molar-refractivity contribution in [3.05, 3.63) is 54.6 Å². The van der Waals surface area contributed by atoms with E-state index < -0.39 is 24.5 Å². The van der Waals surface area contributed by atoms with Crippen LogP contribution in [0.4, 0.5) is 5.69 Å². The predicted octanol–water partition coefficient (Wildman–Crippen LogP) is 2.24. The monoisotopic (exact) mass is 354 g/mol. The Bertz CT molecular complexity index is 807. The predicted molar refractivity (Wildman–Crippen MR) is 93.7 cm³/mol. The number of carbonyl (C=O) groups excluding carboxylic acids is 3. The summed E-state index contributed by atoms with van der Waals surface area (Å²) in [4.78, 5) is 34.8. The molecule has 2 amide bonds. The topological polar surface area (TPSA) is 93.7 Å². The first-order chi connectivity index (χ1) is 12.6. The number of carbonyl (C=O) groups is 3. The average molecular weight is 354 g/mol. The van der Waals surface area contributed by atoms with Crippen LogP contribution in [0.25, 0.3) is 0 Å². The number of hydrogen-bond acceptors (Lipinski definition) is 5. The van der Waals surface area contributed by atoms with Crippen molar-refractivity contribution in [2.75, 3.05) is 11.9 Å². The molecule has 0 spiro atoms. The molecule has 2 aromatic rings. The Morgan fingerprint density at radius 2 is 1.85 bits per heavy atom. The Kier molecular flexibility index (Phi) is 5.48. The highest BCUT2D eigenvalue weighted by Crippen LogP contribution is 2.23. The molecule has 1 unspecified atom stereocenters. The second-order valence-corrected chi connectivity index (χ2v) is 5.76. The van der Waals surface area contributed by atoms with Crippen LogP contribution in [0.15, 0.2) is 54.6 Å². The van der Waals surface area contributed by atoms with Crippen LogP contribution in [0, 0.1) is 0 Å². The van der Waals surface area contributed by atoms with Crippen molar-refractivity contribution in [2.45, 2.75) is 18.9 Å². The molecule has 0 saturated carbocycles. The SMILES string of the molecule is O=C(COC(=O)C1CCC(=O)N1)Nc1cccc(Oc2ccccc2)c1. The molecule has 7 nitrogen and oxygen atoms in total. The quantitative estimate of drug-likeness (QED) is 0.776. The Balaban J connectivity index is 1.50. The summed E-state index contributed by atoms with van der Waals surface area (Å²) >= 11 is 0. The number of anilines is 1. The van der Waals surface area contributed by atoms with E-state index in [1.54, 1.807) is 24.3 Å². The number of para-hydroxylation sites is 1. The summed E-state index contributed by atoms with van der Waals surface area (Å²) in [6.45, 7) is -0.422. The van der Waals surface area contributed by atoms with Gasteiger partial charge in [0.25, 0.3) is 5.91 Å². The molecule has 1 aliphatic rings. The second-order valence-electron chi connectivity index (χ2n) is 5.76. The van der Waals surface area contributed by atoms with Gasteiger partial charge in [-0.1, -0.05) is 24.3 Å². The first-order valence-electron chi connectivity index (χ1n) is 8.19. The summed E-state index contributed by atoms with van der Waals surface area (Å²) in [5, 5.41) is 5.14. The number of nitrogens with one attached hydrogen (secondary N) is 2. The van der Waals surface area contributed by atoms with Crippen LogP contribution in [0.3, 0.4) is 0 Å². The lowest BCUT2D eigenvalue weighted by Gasteiger charge is -2.11. The van der Waals surface area contributed by atoms with E-state index in [1.807, 2.05) is 30.3 Å². The maximum absolute atomic E-state index is 11.9. The molecule has 1 heterocycles. The van der Waals surface area contributed by atoms with Crippen molar-refractivity contribution in [3.63, 3.8) is 0 Å². The first kappa shape index (κ1) is 17.5. The Morgan fingerprint density at radius 3 is 2.58 bits per heavy atom. The fourth-order valence-corrected chi connectivity index (χ4v) is 2.49. The molecule has 1 atom stereocenters. The zero-order valence-corrected chi connectivity index (χ0v) is 13.9. The minimum absolute atomic E-state index is 0.188. The summed E-state index contributed by atoms with van der Waals surface area (Å²) in [7, 11) is 0. The van der Waals surface area contributed by atoms with Crippen molar-refractivity contribution in [1.29, 1.82) is 0 Å². The molecule has 7 heteroatoms. The lowest BCUT2D eigenvalue weighted by molar-refractivity contribution is -0.149. The Morgan fingerprint density at radius 1 is 1.08 bits per heavy atom. The third-order valence-corrected chi connectivity index (χ3v) is 3.72. The van der Waals surface area contributed by atoms with Crippen molar-refractivity contribution < 1.29 is 23.9 Å². The Hall–Kier alpha value is -3.35. The number of benzene rings is 2. The van der Waals surface area contributed by atoms with Gasteiger partial charge in [0.1, 0.15) is 17.5 Å². The molecule has 0 aromatic heterocycles. The van der Waals surface area contributed by atoms with Gasteiger partial charge < -0.3 is 20.1 Å². The highest BCUT2D eigenvalue weighted by Gasteiger charge is 2.28. The Labute approximate surface area is 150 Å². The summed E-state index contributed by atoms with van der Waals surface area (Å²) in [5.74, 6) is -0.0125. The van der Waals surface area contributed by atoms with Crippen LogP contribution < -0.4 is 15.4 Å². The number of amides is 2. The van der Waals surface area contributed by atoms with Gasteiger partial charge in [0.15, 0.2) is 6.61 Å². The average Bonchev–Trinajstić information content (AvgIpc) is 3.07. The number of hydrogen-bond donors (Lipinski definition) is 2. The smallest absolute Gasteiger partial charge is 0.329 e. The molecule has 0 radical (unpaired) electrons. The third kappa shape index (κ3) is 4.83. The molecule has 1 fully saturated rings. The van der Waals surface area contributed by atoms with Gasteiger partial charge in [0.05, 0.1) is 0 Å². The lowest BCUT2D eigenvalue weighted by Crippen LogP contribution is -2.36. The lowest BCUT2D eigenvalue weighted by atomic mass is 10.2. The van der Waals surface area contributed by atoms with Gasteiger partial charge in [0, 0.05) is 18.2 Å².